The molecule has 0 spiro atoms. The fraction of sp³-hybridized carbons (Fsp3) is 0.409. The summed E-state index contributed by atoms with van der Waals surface area (Å²) in [6, 6.07) is 11.2. The lowest BCUT2D eigenvalue weighted by Gasteiger charge is -2.30. The number of methoxy groups -OCH3 is 1. The third-order valence-corrected chi connectivity index (χ3v) is 5.93. The third kappa shape index (κ3) is 6.19. The van der Waals surface area contributed by atoms with E-state index in [1.54, 1.807) is 7.11 Å². The average molecular weight is 437 g/mol. The predicted octanol–water partition coefficient (Wildman–Crippen LogP) is 3.89. The molecule has 2 rings (SSSR count). The largest absolute Gasteiger partial charge is 0.497 e. The van der Waals surface area contributed by atoms with E-state index < -0.39 is 27.8 Å². The van der Waals surface area contributed by atoms with E-state index in [0.29, 0.717) is 18.1 Å². The number of benzene rings is 2. The molecule has 0 aliphatic carbocycles. The molecule has 0 saturated heterocycles. The van der Waals surface area contributed by atoms with Crippen molar-refractivity contribution in [2.45, 2.75) is 39.3 Å². The van der Waals surface area contributed by atoms with Crippen molar-refractivity contribution in [3.8, 4) is 5.75 Å². The van der Waals surface area contributed by atoms with E-state index >= 15 is 0 Å². The predicted molar refractivity (Wildman–Crippen MR) is 117 cm³/mol. The smallest absolute Gasteiger partial charge is 0.244 e. The fourth-order valence-corrected chi connectivity index (χ4v) is 4.47. The number of nitrogens with zero attached hydrogens (tertiary/aromatic N) is 1. The molecule has 0 saturated carbocycles. The third-order valence-electron chi connectivity index (χ3n) is 4.69. The van der Waals surface area contributed by atoms with Crippen molar-refractivity contribution >= 4 is 21.6 Å². The molecule has 8 heteroatoms. The van der Waals surface area contributed by atoms with Gasteiger partial charge in [0.1, 0.15) is 17.6 Å². The van der Waals surface area contributed by atoms with Crippen LogP contribution in [0.1, 0.15) is 38.8 Å². The Balaban J connectivity index is 2.31. The summed E-state index contributed by atoms with van der Waals surface area (Å²) in [5, 5.41) is 2.96. The van der Waals surface area contributed by atoms with E-state index in [9.17, 15) is 17.6 Å². The molecule has 164 valence electrons. The van der Waals surface area contributed by atoms with Crippen molar-refractivity contribution in [3.05, 3.63) is 59.9 Å². The van der Waals surface area contributed by atoms with Crippen LogP contribution in [0, 0.1) is 11.7 Å². The zero-order valence-electron chi connectivity index (χ0n) is 17.9. The molecule has 0 bridgehead atoms. The van der Waals surface area contributed by atoms with Gasteiger partial charge < -0.3 is 10.1 Å². The van der Waals surface area contributed by atoms with Crippen LogP contribution in [0.5, 0.6) is 5.75 Å². The Labute approximate surface area is 178 Å². The number of carbonyl (C=O) groups is 1. The van der Waals surface area contributed by atoms with Crippen molar-refractivity contribution < 1.29 is 22.3 Å². The normalized spacial score (nSPS) is 13.6. The van der Waals surface area contributed by atoms with Gasteiger partial charge in [0.2, 0.25) is 15.9 Å². The summed E-state index contributed by atoms with van der Waals surface area (Å²) < 4.78 is 44.6. The summed E-state index contributed by atoms with van der Waals surface area (Å²) in [5.74, 6) is -0.0473. The van der Waals surface area contributed by atoms with E-state index in [1.165, 1.54) is 25.1 Å². The van der Waals surface area contributed by atoms with Crippen LogP contribution in [0.25, 0.3) is 0 Å². The van der Waals surface area contributed by atoms with Crippen molar-refractivity contribution in [3.63, 3.8) is 0 Å². The Morgan fingerprint density at radius 3 is 2.27 bits per heavy atom. The first kappa shape index (κ1) is 23.7. The number of hydrogen-bond acceptors (Lipinski definition) is 4. The van der Waals surface area contributed by atoms with Crippen molar-refractivity contribution in [1.82, 2.24) is 5.32 Å². The Bertz CT molecular complexity index is 961. The zero-order chi connectivity index (χ0) is 22.5. The molecule has 6 nitrogen and oxygen atoms in total. The number of nitrogens with one attached hydrogen (secondary N) is 1. The molecule has 0 aromatic heterocycles. The van der Waals surface area contributed by atoms with Crippen LogP contribution in [0.4, 0.5) is 10.1 Å². The summed E-state index contributed by atoms with van der Waals surface area (Å²) >= 11 is 0. The molecule has 0 aliphatic rings. The maximum atomic E-state index is 13.7. The monoisotopic (exact) mass is 436 g/mol. The maximum absolute atomic E-state index is 13.7. The average Bonchev–Trinajstić information content (AvgIpc) is 2.66. The van der Waals surface area contributed by atoms with Gasteiger partial charge in [0.05, 0.1) is 25.1 Å². The minimum atomic E-state index is -3.82. The minimum absolute atomic E-state index is 0.102. The first-order valence-electron chi connectivity index (χ1n) is 9.72. The highest BCUT2D eigenvalue weighted by molar-refractivity contribution is 7.92. The lowest BCUT2D eigenvalue weighted by atomic mass is 9.96. The van der Waals surface area contributed by atoms with Gasteiger partial charge in [-0.05, 0) is 55.2 Å². The molecule has 0 radical (unpaired) electrons. The van der Waals surface area contributed by atoms with Gasteiger partial charge in [-0.2, -0.15) is 0 Å². The topological polar surface area (TPSA) is 75.7 Å². The van der Waals surface area contributed by atoms with Crippen LogP contribution in [0.15, 0.2) is 48.5 Å². The summed E-state index contributed by atoms with van der Waals surface area (Å²) in [6.45, 7) is 5.57. The zero-order valence-corrected chi connectivity index (χ0v) is 18.7. The van der Waals surface area contributed by atoms with Crippen LogP contribution in [-0.2, 0) is 14.8 Å². The highest BCUT2D eigenvalue weighted by Gasteiger charge is 2.31. The molecular formula is C22H29FN2O4S. The lowest BCUT2D eigenvalue weighted by Crippen LogP contribution is -2.48. The van der Waals surface area contributed by atoms with Gasteiger partial charge in [-0.3, -0.25) is 9.10 Å². The second kappa shape index (κ2) is 9.93. The summed E-state index contributed by atoms with van der Waals surface area (Å²) in [5.41, 5.74) is 0.992. The molecule has 1 N–H and O–H groups in total. The molecule has 0 heterocycles. The highest BCUT2D eigenvalue weighted by Crippen LogP contribution is 2.26. The van der Waals surface area contributed by atoms with Gasteiger partial charge in [-0.15, -0.1) is 0 Å². The molecular weight excluding hydrogens is 407 g/mol. The van der Waals surface area contributed by atoms with Crippen LogP contribution in [0.3, 0.4) is 0 Å². The van der Waals surface area contributed by atoms with Gasteiger partial charge >= 0.3 is 0 Å². The van der Waals surface area contributed by atoms with Crippen LogP contribution in [-0.4, -0.2) is 33.7 Å². The molecule has 2 aromatic rings. The van der Waals surface area contributed by atoms with Crippen LogP contribution < -0.4 is 14.4 Å². The van der Waals surface area contributed by atoms with Gasteiger partial charge in [-0.25, -0.2) is 12.8 Å². The van der Waals surface area contributed by atoms with Crippen molar-refractivity contribution in [2.24, 2.45) is 5.92 Å². The Morgan fingerprint density at radius 1 is 1.13 bits per heavy atom. The molecule has 0 aliphatic heterocycles. The number of carbonyl (C=O) groups excluding carboxylic acids is 1. The summed E-state index contributed by atoms with van der Waals surface area (Å²) in [4.78, 5) is 13.0. The molecule has 1 amide bonds. The van der Waals surface area contributed by atoms with Gasteiger partial charge in [0.15, 0.2) is 0 Å². The van der Waals surface area contributed by atoms with Gasteiger partial charge in [-0.1, -0.05) is 32.0 Å². The summed E-state index contributed by atoms with van der Waals surface area (Å²) in [6.07, 6.45) is 1.67. The number of amides is 1. The Hall–Kier alpha value is -2.61. The van der Waals surface area contributed by atoms with E-state index in [0.717, 1.165) is 22.2 Å². The molecule has 0 fully saturated rings. The van der Waals surface area contributed by atoms with Crippen LogP contribution >= 0.6 is 0 Å². The second-order valence-corrected chi connectivity index (χ2v) is 9.54. The van der Waals surface area contributed by atoms with E-state index in [4.69, 9.17) is 4.74 Å². The maximum Gasteiger partial charge on any atom is 0.244 e. The van der Waals surface area contributed by atoms with Crippen molar-refractivity contribution in [1.29, 1.82) is 0 Å². The lowest BCUT2D eigenvalue weighted by molar-refractivity contribution is -0.122. The standard InChI is InChI=1S/C22H29FN2O4S/c1-15(2)13-21(17-9-11-20(29-4)12-10-17)24-22(26)16(3)25(30(5,27)28)19-8-6-7-18(23)14-19/h6-12,14-16,21H,13H2,1-5H3,(H,24,26). The number of rotatable bonds is 9. The number of anilines is 1. The Kier molecular flexibility index (Phi) is 7.83. The SMILES string of the molecule is COc1ccc(C(CC(C)C)NC(=O)C(C)N(c2cccc(F)c2)S(C)(=O)=O)cc1. The highest BCUT2D eigenvalue weighted by atomic mass is 32.2. The second-order valence-electron chi connectivity index (χ2n) is 7.68. The number of halogens is 1. The van der Waals surface area contributed by atoms with E-state index in [-0.39, 0.29) is 11.7 Å². The van der Waals surface area contributed by atoms with E-state index in [1.807, 2.05) is 38.1 Å². The van der Waals surface area contributed by atoms with Crippen LogP contribution in [0.2, 0.25) is 0 Å². The first-order valence-corrected chi connectivity index (χ1v) is 11.6. The minimum Gasteiger partial charge on any atom is -0.497 e. The summed E-state index contributed by atoms with van der Waals surface area (Å²) in [7, 11) is -2.24. The Morgan fingerprint density at radius 2 is 1.77 bits per heavy atom. The first-order chi connectivity index (χ1) is 14.0. The fourth-order valence-electron chi connectivity index (χ4n) is 3.30. The van der Waals surface area contributed by atoms with Gasteiger partial charge in [0.25, 0.3) is 0 Å². The quantitative estimate of drug-likeness (QED) is 0.647. The molecule has 2 unspecified atom stereocenters. The molecule has 2 aromatic carbocycles. The van der Waals surface area contributed by atoms with Crippen molar-refractivity contribution in [2.75, 3.05) is 17.7 Å². The van der Waals surface area contributed by atoms with E-state index in [2.05, 4.69) is 5.32 Å². The van der Waals surface area contributed by atoms with Gasteiger partial charge in [0, 0.05) is 0 Å². The number of ether oxygens (including phenoxy) is 1. The molecule has 2 atom stereocenters. The molecule has 30 heavy (non-hydrogen) atoms. The number of hydrogen-bond donors (Lipinski definition) is 1. The number of sulfonamides is 1.